The van der Waals surface area contributed by atoms with E-state index in [0.717, 1.165) is 36.0 Å². The minimum absolute atomic E-state index is 0.0197. The van der Waals surface area contributed by atoms with Crippen LogP contribution in [0.25, 0.3) is 22.8 Å². The van der Waals surface area contributed by atoms with E-state index in [2.05, 4.69) is 26.5 Å². The molecule has 4 heterocycles. The second-order valence-electron chi connectivity index (χ2n) is 11.1. The minimum Gasteiger partial charge on any atom is -0.480 e. The van der Waals surface area contributed by atoms with E-state index >= 15 is 4.39 Å². The highest BCUT2D eigenvalue weighted by Crippen LogP contribution is 2.45. The van der Waals surface area contributed by atoms with Crippen LogP contribution in [0.3, 0.4) is 0 Å². The Morgan fingerprint density at radius 2 is 1.95 bits per heavy atom. The molecule has 0 saturated heterocycles. The summed E-state index contributed by atoms with van der Waals surface area (Å²) in [4.78, 5) is 23.8. The Labute approximate surface area is 250 Å². The normalized spacial score (nSPS) is 14.8. The summed E-state index contributed by atoms with van der Waals surface area (Å²) < 4.78 is 62.5. The molecular weight excluding hydrogens is 578 g/mol. The molecule has 1 aliphatic carbocycles. The SMILES string of the molecule is COc1ncnc(C2CC2)c1-c1nc2c(c(NCc3ccc(-c4nc(C(F)(F)F)cn4C(C)C)cc3F)n1)CN(C#N)CC2. The van der Waals surface area contributed by atoms with Gasteiger partial charge in [0.2, 0.25) is 5.88 Å². The third kappa shape index (κ3) is 5.61. The Bertz CT molecular complexity index is 1760. The predicted octanol–water partition coefficient (Wildman–Crippen LogP) is 5.87. The molecular formula is C30H29F4N9O. The third-order valence-corrected chi connectivity index (χ3v) is 7.76. The monoisotopic (exact) mass is 607 g/mol. The lowest BCUT2D eigenvalue weighted by Gasteiger charge is -2.26. The fourth-order valence-corrected chi connectivity index (χ4v) is 5.32. The topological polar surface area (TPSA) is 118 Å². The van der Waals surface area contributed by atoms with Crippen molar-refractivity contribution in [3.05, 3.63) is 64.7 Å². The number of nitriles is 1. The van der Waals surface area contributed by atoms with Crippen LogP contribution < -0.4 is 10.1 Å². The lowest BCUT2D eigenvalue weighted by Crippen LogP contribution is -2.28. The first-order valence-electron chi connectivity index (χ1n) is 14.2. The van der Waals surface area contributed by atoms with E-state index in [9.17, 15) is 18.4 Å². The number of aromatic nitrogens is 6. The molecule has 228 valence electrons. The van der Waals surface area contributed by atoms with Crippen molar-refractivity contribution in [3.63, 3.8) is 0 Å². The summed E-state index contributed by atoms with van der Waals surface area (Å²) in [6.07, 6.45) is 2.44. The molecule has 0 bridgehead atoms. The number of nitrogens with one attached hydrogen (secondary N) is 1. The van der Waals surface area contributed by atoms with Gasteiger partial charge in [0.15, 0.2) is 17.7 Å². The Kier molecular flexibility index (Phi) is 7.56. The quantitative estimate of drug-likeness (QED) is 0.194. The largest absolute Gasteiger partial charge is 0.480 e. The van der Waals surface area contributed by atoms with Crippen molar-refractivity contribution in [3.8, 4) is 34.8 Å². The van der Waals surface area contributed by atoms with Crippen molar-refractivity contribution >= 4 is 5.82 Å². The van der Waals surface area contributed by atoms with Gasteiger partial charge in [-0.2, -0.15) is 18.4 Å². The molecule has 0 unspecified atom stereocenters. The van der Waals surface area contributed by atoms with Gasteiger partial charge in [0.05, 0.1) is 25.0 Å². The maximum Gasteiger partial charge on any atom is 0.434 e. The van der Waals surface area contributed by atoms with E-state index in [1.807, 2.05) is 0 Å². The predicted molar refractivity (Wildman–Crippen MR) is 152 cm³/mol. The number of imidazole rings is 1. The molecule has 0 radical (unpaired) electrons. The van der Waals surface area contributed by atoms with E-state index in [0.29, 0.717) is 36.1 Å². The number of rotatable bonds is 8. The van der Waals surface area contributed by atoms with Gasteiger partial charge in [-0.3, -0.25) is 0 Å². The molecule has 3 aromatic heterocycles. The fourth-order valence-electron chi connectivity index (χ4n) is 5.32. The molecule has 4 aromatic rings. The summed E-state index contributed by atoms with van der Waals surface area (Å²) in [6.45, 7) is 4.26. The van der Waals surface area contributed by atoms with Crippen LogP contribution in [0.1, 0.15) is 66.9 Å². The van der Waals surface area contributed by atoms with Crippen LogP contribution in [0.5, 0.6) is 5.88 Å². The highest BCUT2D eigenvalue weighted by atomic mass is 19.4. The van der Waals surface area contributed by atoms with Crippen molar-refractivity contribution in [1.82, 2.24) is 34.4 Å². The molecule has 0 atom stereocenters. The van der Waals surface area contributed by atoms with Crippen LogP contribution in [-0.4, -0.2) is 48.0 Å². The van der Waals surface area contributed by atoms with Crippen LogP contribution in [0, 0.1) is 17.3 Å². The van der Waals surface area contributed by atoms with Gasteiger partial charge in [0, 0.05) is 54.4 Å². The average molecular weight is 608 g/mol. The zero-order valence-corrected chi connectivity index (χ0v) is 24.3. The maximum absolute atomic E-state index is 15.4. The number of alkyl halides is 3. The lowest BCUT2D eigenvalue weighted by molar-refractivity contribution is -0.140. The van der Waals surface area contributed by atoms with Crippen LogP contribution in [0.4, 0.5) is 23.4 Å². The molecule has 10 nitrogen and oxygen atoms in total. The lowest BCUT2D eigenvalue weighted by atomic mass is 10.0. The van der Waals surface area contributed by atoms with Crippen LogP contribution in [0.2, 0.25) is 0 Å². The molecule has 1 fully saturated rings. The van der Waals surface area contributed by atoms with Crippen LogP contribution >= 0.6 is 0 Å². The number of anilines is 1. The van der Waals surface area contributed by atoms with Crippen molar-refractivity contribution in [2.75, 3.05) is 19.0 Å². The zero-order valence-electron chi connectivity index (χ0n) is 24.3. The van der Waals surface area contributed by atoms with Crippen molar-refractivity contribution < 1.29 is 22.3 Å². The van der Waals surface area contributed by atoms with Gasteiger partial charge in [0.1, 0.15) is 29.4 Å². The standard InChI is InChI=1S/C30H29F4N9O/c1-16(2)43-13-23(30(32,33)34)40-28(43)18-6-7-19(21(31)10-18)11-36-26-20-12-42(14-35)9-8-22(20)39-27(41-26)24-25(17-4-5-17)37-15-38-29(24)44-3/h6-7,10,13,15-17H,4-5,8-9,11-12H2,1-3H3,(H,36,39,41). The maximum atomic E-state index is 15.4. The number of methoxy groups -OCH3 is 1. The van der Waals surface area contributed by atoms with Gasteiger partial charge in [-0.05, 0) is 32.8 Å². The number of hydrogen-bond acceptors (Lipinski definition) is 9. The fraction of sp³-hybridized carbons (Fsp3) is 0.400. The first kappa shape index (κ1) is 29.3. The van der Waals surface area contributed by atoms with Gasteiger partial charge in [0.25, 0.3) is 0 Å². The Balaban J connectivity index is 1.34. The van der Waals surface area contributed by atoms with Gasteiger partial charge >= 0.3 is 6.18 Å². The molecule has 1 N–H and O–H groups in total. The van der Waals surface area contributed by atoms with Crippen LogP contribution in [-0.2, 0) is 25.7 Å². The number of hydrogen-bond donors (Lipinski definition) is 1. The van der Waals surface area contributed by atoms with Crippen molar-refractivity contribution in [2.24, 2.45) is 0 Å². The van der Waals surface area contributed by atoms with E-state index in [1.165, 1.54) is 30.1 Å². The number of benzene rings is 1. The van der Waals surface area contributed by atoms with Crippen LogP contribution in [0.15, 0.2) is 30.7 Å². The number of ether oxygens (including phenoxy) is 1. The molecule has 6 rings (SSSR count). The number of nitrogens with zero attached hydrogens (tertiary/aromatic N) is 8. The molecule has 44 heavy (non-hydrogen) atoms. The second kappa shape index (κ2) is 11.4. The Hall–Kier alpha value is -4.80. The Morgan fingerprint density at radius 3 is 2.61 bits per heavy atom. The van der Waals surface area contributed by atoms with Crippen molar-refractivity contribution in [2.45, 2.75) is 64.3 Å². The number of halogens is 4. The van der Waals surface area contributed by atoms with Gasteiger partial charge in [-0.25, -0.2) is 29.3 Å². The van der Waals surface area contributed by atoms with E-state index in [4.69, 9.17) is 14.7 Å². The number of fused-ring (bicyclic) bond motifs is 1. The summed E-state index contributed by atoms with van der Waals surface area (Å²) >= 11 is 0. The van der Waals surface area contributed by atoms with E-state index < -0.39 is 17.7 Å². The van der Waals surface area contributed by atoms with Crippen molar-refractivity contribution in [1.29, 1.82) is 5.26 Å². The third-order valence-electron chi connectivity index (χ3n) is 7.76. The Morgan fingerprint density at radius 1 is 1.16 bits per heavy atom. The van der Waals surface area contributed by atoms with Gasteiger partial charge < -0.3 is 19.5 Å². The molecule has 1 aliphatic heterocycles. The van der Waals surface area contributed by atoms with Gasteiger partial charge in [-0.15, -0.1) is 0 Å². The summed E-state index contributed by atoms with van der Waals surface area (Å²) in [5.41, 5.74) is 2.37. The minimum atomic E-state index is -4.62. The smallest absolute Gasteiger partial charge is 0.434 e. The molecule has 1 aromatic carbocycles. The molecule has 14 heteroatoms. The summed E-state index contributed by atoms with van der Waals surface area (Å²) in [5, 5.41) is 12.8. The average Bonchev–Trinajstić information content (AvgIpc) is 3.75. The molecule has 1 saturated carbocycles. The van der Waals surface area contributed by atoms with E-state index in [1.54, 1.807) is 24.8 Å². The summed E-state index contributed by atoms with van der Waals surface area (Å²) in [5.74, 6) is 0.856. The first-order chi connectivity index (χ1) is 21.1. The first-order valence-corrected chi connectivity index (χ1v) is 14.2. The highest BCUT2D eigenvalue weighted by Gasteiger charge is 2.36. The molecule has 0 spiro atoms. The zero-order chi connectivity index (χ0) is 31.2. The molecule has 2 aliphatic rings. The summed E-state index contributed by atoms with van der Waals surface area (Å²) in [6, 6.07) is 3.93. The van der Waals surface area contributed by atoms with Gasteiger partial charge in [-0.1, -0.05) is 12.1 Å². The van der Waals surface area contributed by atoms with E-state index in [-0.39, 0.29) is 42.0 Å². The summed E-state index contributed by atoms with van der Waals surface area (Å²) in [7, 11) is 1.52. The molecule has 0 amide bonds. The highest BCUT2D eigenvalue weighted by molar-refractivity contribution is 5.68. The second-order valence-corrected chi connectivity index (χ2v) is 11.1.